The molecule has 5 aliphatic rings. The summed E-state index contributed by atoms with van der Waals surface area (Å²) in [5.74, 6) is 0.591. The molecule has 9 unspecified atom stereocenters. The zero-order valence-electron chi connectivity index (χ0n) is 26.7. The van der Waals surface area contributed by atoms with Gasteiger partial charge in [-0.1, -0.05) is 54.0 Å². The smallest absolute Gasteiger partial charge is 0.302 e. The number of hydrogen-bond donors (Lipinski definition) is 0. The third-order valence-electron chi connectivity index (χ3n) is 13.9. The van der Waals surface area contributed by atoms with Crippen LogP contribution in [0.4, 0.5) is 0 Å². The number of hydroxylamine groups is 2. The quantitative estimate of drug-likeness (QED) is 0.279. The summed E-state index contributed by atoms with van der Waals surface area (Å²) < 4.78 is 5.85. The minimum absolute atomic E-state index is 0.0379. The average Bonchev–Trinajstić information content (AvgIpc) is 2.87. The summed E-state index contributed by atoms with van der Waals surface area (Å²) in [5, 5.41) is 1.39. The molecule has 0 heterocycles. The maximum absolute atomic E-state index is 14.5. The molecule has 0 N–H and O–H groups in total. The van der Waals surface area contributed by atoms with Crippen LogP contribution in [0, 0.1) is 50.2 Å². The molecule has 0 aromatic rings. The molecule has 6 nitrogen and oxygen atoms in total. The fraction of sp³-hybridized carbons (Fsp3) is 0.853. The van der Waals surface area contributed by atoms with Crippen LogP contribution >= 0.6 is 0 Å². The Kier molecular flexibility index (Phi) is 6.82. The van der Waals surface area contributed by atoms with Crippen LogP contribution in [-0.4, -0.2) is 43.0 Å². The zero-order chi connectivity index (χ0) is 29.7. The number of carbonyl (C=O) groups is 3. The molecule has 0 spiro atoms. The maximum Gasteiger partial charge on any atom is 0.302 e. The maximum atomic E-state index is 14.5. The summed E-state index contributed by atoms with van der Waals surface area (Å²) >= 11 is 0. The fourth-order valence-electron chi connectivity index (χ4n) is 11.2. The summed E-state index contributed by atoms with van der Waals surface area (Å²) in [6.07, 6.45) is 10.6. The molecule has 4 fully saturated rings. The number of esters is 1. The molecule has 6 heteroatoms. The highest BCUT2D eigenvalue weighted by atomic mass is 16.7. The van der Waals surface area contributed by atoms with Gasteiger partial charge < -0.3 is 4.74 Å². The molecule has 9 atom stereocenters. The number of allylic oxidation sites excluding steroid dienone is 2. The molecule has 1 amide bonds. The highest BCUT2D eigenvalue weighted by Gasteiger charge is 2.70. The molecule has 224 valence electrons. The summed E-state index contributed by atoms with van der Waals surface area (Å²) in [6, 6.07) is 0. The van der Waals surface area contributed by atoms with Crippen molar-refractivity contribution in [2.75, 3.05) is 14.2 Å². The van der Waals surface area contributed by atoms with Gasteiger partial charge in [0.05, 0.1) is 7.11 Å². The van der Waals surface area contributed by atoms with Gasteiger partial charge in [0.15, 0.2) is 5.78 Å². The molecule has 5 rings (SSSR count). The van der Waals surface area contributed by atoms with Crippen LogP contribution in [0.2, 0.25) is 0 Å². The first-order chi connectivity index (χ1) is 18.4. The van der Waals surface area contributed by atoms with E-state index in [0.29, 0.717) is 11.7 Å². The van der Waals surface area contributed by atoms with Gasteiger partial charge in [-0.2, -0.15) is 0 Å². The van der Waals surface area contributed by atoms with Gasteiger partial charge in [-0.15, -0.1) is 0 Å². The highest BCUT2D eigenvalue weighted by Crippen LogP contribution is 2.75. The Bertz CT molecular complexity index is 1140. The highest BCUT2D eigenvalue weighted by molar-refractivity contribution is 5.95. The lowest BCUT2D eigenvalue weighted by atomic mass is 9.33. The first-order valence-corrected chi connectivity index (χ1v) is 15.7. The molecular weight excluding hydrogens is 502 g/mol. The minimum Gasteiger partial charge on any atom is -0.462 e. The zero-order valence-corrected chi connectivity index (χ0v) is 26.7. The number of carbonyl (C=O) groups excluding carboxylic acids is 3. The largest absolute Gasteiger partial charge is 0.462 e. The van der Waals surface area contributed by atoms with Crippen molar-refractivity contribution in [3.05, 3.63) is 11.6 Å². The number of amides is 1. The Morgan fingerprint density at radius 2 is 1.57 bits per heavy atom. The van der Waals surface area contributed by atoms with Gasteiger partial charge in [-0.25, -0.2) is 5.06 Å². The Morgan fingerprint density at radius 3 is 2.20 bits per heavy atom. The topological polar surface area (TPSA) is 72.9 Å². The predicted molar refractivity (Wildman–Crippen MR) is 155 cm³/mol. The number of nitrogens with zero attached hydrogens (tertiary/aromatic N) is 1. The lowest BCUT2D eigenvalue weighted by Gasteiger charge is -2.70. The number of ether oxygens (including phenoxy) is 1. The van der Waals surface area contributed by atoms with E-state index in [-0.39, 0.29) is 56.9 Å². The number of ketones is 1. The molecule has 0 saturated heterocycles. The van der Waals surface area contributed by atoms with E-state index in [4.69, 9.17) is 9.57 Å². The van der Waals surface area contributed by atoms with Crippen molar-refractivity contribution in [1.29, 1.82) is 0 Å². The van der Waals surface area contributed by atoms with Crippen molar-refractivity contribution in [2.24, 2.45) is 50.2 Å². The Labute approximate surface area is 241 Å². The van der Waals surface area contributed by atoms with Crippen LogP contribution in [0.25, 0.3) is 0 Å². The summed E-state index contributed by atoms with van der Waals surface area (Å²) in [5.41, 5.74) is 0.354. The Hall–Kier alpha value is -1.69. The first-order valence-electron chi connectivity index (χ1n) is 15.7. The molecular formula is C34H53NO5. The average molecular weight is 556 g/mol. The monoisotopic (exact) mass is 555 g/mol. The normalized spacial score (nSPS) is 47.5. The van der Waals surface area contributed by atoms with Crippen molar-refractivity contribution < 1.29 is 24.0 Å². The second-order valence-electron chi connectivity index (χ2n) is 16.2. The van der Waals surface area contributed by atoms with Crippen LogP contribution in [-0.2, 0) is 24.0 Å². The van der Waals surface area contributed by atoms with Crippen LogP contribution in [0.3, 0.4) is 0 Å². The molecule has 4 saturated carbocycles. The second-order valence-corrected chi connectivity index (χ2v) is 16.2. The molecule has 0 aromatic heterocycles. The summed E-state index contributed by atoms with van der Waals surface area (Å²) in [7, 11) is 3.26. The molecule has 0 aromatic carbocycles. The van der Waals surface area contributed by atoms with Crippen LogP contribution in [0.1, 0.15) is 113 Å². The number of fused-ring (bicyclic) bond motifs is 7. The summed E-state index contributed by atoms with van der Waals surface area (Å²) in [4.78, 5) is 45.3. The van der Waals surface area contributed by atoms with E-state index in [1.807, 2.05) is 0 Å². The molecule has 0 radical (unpaired) electrons. The van der Waals surface area contributed by atoms with Crippen molar-refractivity contribution >= 4 is 17.7 Å². The first kappa shape index (κ1) is 29.8. The van der Waals surface area contributed by atoms with E-state index in [1.165, 1.54) is 17.6 Å². The van der Waals surface area contributed by atoms with Gasteiger partial charge >= 0.3 is 5.97 Å². The van der Waals surface area contributed by atoms with E-state index in [1.54, 1.807) is 14.2 Å². The van der Waals surface area contributed by atoms with E-state index in [2.05, 4.69) is 54.5 Å². The molecule has 40 heavy (non-hydrogen) atoms. The lowest BCUT2D eigenvalue weighted by Crippen LogP contribution is -2.66. The third kappa shape index (κ3) is 3.86. The van der Waals surface area contributed by atoms with Gasteiger partial charge in [0.1, 0.15) is 6.10 Å². The number of rotatable bonds is 3. The van der Waals surface area contributed by atoms with Crippen molar-refractivity contribution in [3.63, 3.8) is 0 Å². The summed E-state index contributed by atoms with van der Waals surface area (Å²) in [6.45, 7) is 17.8. The minimum atomic E-state index is -0.502. The van der Waals surface area contributed by atoms with Gasteiger partial charge in [-0.3, -0.25) is 19.2 Å². The SMILES string of the molecule is CON(C)C(=O)C1(C)CCC2(C)CCC3(C)C(=CC(=O)C4C5(C)CCC(OC(C)=O)C(C)(C)C5CCC43C)C2C1. The van der Waals surface area contributed by atoms with Gasteiger partial charge in [0.2, 0.25) is 0 Å². The van der Waals surface area contributed by atoms with E-state index < -0.39 is 5.41 Å². The fourth-order valence-corrected chi connectivity index (χ4v) is 11.2. The number of hydrogen-bond acceptors (Lipinski definition) is 5. The third-order valence-corrected chi connectivity index (χ3v) is 13.9. The van der Waals surface area contributed by atoms with E-state index in [0.717, 1.165) is 57.8 Å². The Morgan fingerprint density at radius 1 is 0.925 bits per heavy atom. The van der Waals surface area contributed by atoms with Crippen LogP contribution in [0.15, 0.2) is 11.6 Å². The van der Waals surface area contributed by atoms with Crippen molar-refractivity contribution in [2.45, 2.75) is 119 Å². The predicted octanol–water partition coefficient (Wildman–Crippen LogP) is 6.92. The van der Waals surface area contributed by atoms with Gasteiger partial charge in [0.25, 0.3) is 5.91 Å². The van der Waals surface area contributed by atoms with E-state index >= 15 is 0 Å². The molecule has 0 aliphatic heterocycles. The van der Waals surface area contributed by atoms with Crippen molar-refractivity contribution in [1.82, 2.24) is 5.06 Å². The van der Waals surface area contributed by atoms with Crippen molar-refractivity contribution in [3.8, 4) is 0 Å². The lowest BCUT2D eigenvalue weighted by molar-refractivity contribution is -0.211. The molecule has 5 aliphatic carbocycles. The van der Waals surface area contributed by atoms with Gasteiger partial charge in [0, 0.05) is 30.7 Å². The van der Waals surface area contributed by atoms with Crippen LogP contribution in [0.5, 0.6) is 0 Å². The van der Waals surface area contributed by atoms with Gasteiger partial charge in [-0.05, 0) is 97.4 Å². The standard InChI is InChI=1S/C34H53NO5/c1-21(36)40-26-12-13-32(6)25(29(26,2)3)11-14-34(8)27(32)24(37)19-22-23-20-31(5,28(38)35(9)39-10)16-15-30(23,4)17-18-33(22,34)7/h19,23,25-27H,11-18,20H2,1-10H3. The molecule has 0 bridgehead atoms. The van der Waals surface area contributed by atoms with Crippen LogP contribution < -0.4 is 0 Å². The van der Waals surface area contributed by atoms with E-state index in [9.17, 15) is 14.4 Å². The Balaban J connectivity index is 1.55. The second kappa shape index (κ2) is 9.15.